The minimum absolute atomic E-state index is 0.391. The number of hydrogen-bond acceptors (Lipinski definition) is 5. The summed E-state index contributed by atoms with van der Waals surface area (Å²) in [5.74, 6) is 0.818. The minimum Gasteiger partial charge on any atom is -0.354 e. The average molecular weight is 270 g/mol. The van der Waals surface area contributed by atoms with Crippen LogP contribution in [0.3, 0.4) is 0 Å². The average Bonchev–Trinajstić information content (AvgIpc) is 2.82. The van der Waals surface area contributed by atoms with Gasteiger partial charge >= 0.3 is 0 Å². The molecule has 0 amide bonds. The van der Waals surface area contributed by atoms with E-state index in [9.17, 15) is 8.78 Å². The second kappa shape index (κ2) is 5.77. The summed E-state index contributed by atoms with van der Waals surface area (Å²) in [5, 5.41) is 3.03. The second-order valence-corrected chi connectivity index (χ2v) is 4.17. The van der Waals surface area contributed by atoms with Gasteiger partial charge in [-0.05, 0) is 6.42 Å². The summed E-state index contributed by atoms with van der Waals surface area (Å²) < 4.78 is 24.9. The molecule has 6 nitrogen and oxygen atoms in total. The fourth-order valence-corrected chi connectivity index (χ4v) is 1.70. The van der Waals surface area contributed by atoms with Crippen molar-refractivity contribution in [2.45, 2.75) is 19.8 Å². The van der Waals surface area contributed by atoms with E-state index in [-0.39, 0.29) is 0 Å². The number of fused-ring (bicyclic) bond motifs is 1. The normalized spacial score (nSPS) is 11.2. The Kier molecular flexibility index (Phi) is 4.08. The van der Waals surface area contributed by atoms with Crippen LogP contribution in [0.25, 0.3) is 11.2 Å². The van der Waals surface area contributed by atoms with Crippen LogP contribution in [0.5, 0.6) is 0 Å². The van der Waals surface area contributed by atoms with Crippen LogP contribution in [-0.2, 0) is 0 Å². The molecule has 0 bridgehead atoms. The summed E-state index contributed by atoms with van der Waals surface area (Å²) in [6.45, 7) is 2.34. The zero-order chi connectivity index (χ0) is 13.8. The van der Waals surface area contributed by atoms with E-state index in [2.05, 4.69) is 25.3 Å². The van der Waals surface area contributed by atoms with Crippen molar-refractivity contribution in [3.8, 4) is 0 Å². The van der Waals surface area contributed by atoms with Gasteiger partial charge in [0.15, 0.2) is 11.5 Å². The van der Waals surface area contributed by atoms with Crippen molar-refractivity contribution in [3.63, 3.8) is 0 Å². The summed E-state index contributed by atoms with van der Waals surface area (Å²) in [7, 11) is 1.57. The maximum atomic E-state index is 12.5. The van der Waals surface area contributed by atoms with Crippen LogP contribution >= 0.6 is 0 Å². The molecule has 0 atom stereocenters. The lowest BCUT2D eigenvalue weighted by atomic mass is 10.4. The van der Waals surface area contributed by atoms with Crippen molar-refractivity contribution in [2.24, 2.45) is 0 Å². The van der Waals surface area contributed by atoms with Gasteiger partial charge in [0.05, 0.1) is 12.9 Å². The molecule has 2 aromatic heterocycles. The molecule has 8 heteroatoms. The van der Waals surface area contributed by atoms with E-state index >= 15 is 0 Å². The number of halogens is 2. The van der Waals surface area contributed by atoms with Gasteiger partial charge in [0.25, 0.3) is 6.43 Å². The van der Waals surface area contributed by atoms with E-state index in [0.717, 1.165) is 6.42 Å². The number of imidazole rings is 1. The van der Waals surface area contributed by atoms with Crippen molar-refractivity contribution < 1.29 is 8.78 Å². The van der Waals surface area contributed by atoms with Gasteiger partial charge in [-0.1, -0.05) is 6.92 Å². The molecular weight excluding hydrogens is 254 g/mol. The van der Waals surface area contributed by atoms with Crippen molar-refractivity contribution in [1.29, 1.82) is 0 Å². The molecule has 2 aromatic rings. The van der Waals surface area contributed by atoms with E-state index in [0.29, 0.717) is 29.5 Å². The van der Waals surface area contributed by atoms with Crippen molar-refractivity contribution in [1.82, 2.24) is 19.9 Å². The maximum absolute atomic E-state index is 12.5. The summed E-state index contributed by atoms with van der Waals surface area (Å²) in [6.07, 6.45) is -0.0303. The van der Waals surface area contributed by atoms with Crippen LogP contribution < -0.4 is 10.2 Å². The van der Waals surface area contributed by atoms with E-state index in [1.165, 1.54) is 11.2 Å². The molecular formula is C11H16F2N6. The molecule has 2 heterocycles. The molecule has 104 valence electrons. The van der Waals surface area contributed by atoms with Crippen LogP contribution in [0.4, 0.5) is 20.5 Å². The monoisotopic (exact) mass is 270 g/mol. The fourth-order valence-electron chi connectivity index (χ4n) is 1.70. The van der Waals surface area contributed by atoms with Crippen LogP contribution in [0.15, 0.2) is 6.33 Å². The molecule has 0 saturated heterocycles. The number of anilines is 2. The molecule has 0 fully saturated rings. The molecule has 0 aliphatic heterocycles. The minimum atomic E-state index is -2.43. The number of nitrogens with one attached hydrogen (secondary N) is 2. The predicted octanol–water partition coefficient (Wildman–Crippen LogP) is 1.88. The number of rotatable bonds is 6. The zero-order valence-electron chi connectivity index (χ0n) is 10.8. The molecule has 0 radical (unpaired) electrons. The molecule has 19 heavy (non-hydrogen) atoms. The lowest BCUT2D eigenvalue weighted by Crippen LogP contribution is -2.25. The van der Waals surface area contributed by atoms with Gasteiger partial charge in [-0.15, -0.1) is 0 Å². The third kappa shape index (κ3) is 3.07. The lowest BCUT2D eigenvalue weighted by Gasteiger charge is -2.18. The first-order valence-electron chi connectivity index (χ1n) is 6.06. The SMILES string of the molecule is CCCNc1nc(N(C)CC(F)F)c2[nH]cnc2n1. The van der Waals surface area contributed by atoms with Crippen molar-refractivity contribution >= 4 is 22.9 Å². The van der Waals surface area contributed by atoms with Gasteiger partial charge < -0.3 is 15.2 Å². The van der Waals surface area contributed by atoms with Gasteiger partial charge in [-0.25, -0.2) is 13.8 Å². The Morgan fingerprint density at radius 1 is 1.42 bits per heavy atom. The number of nitrogens with zero attached hydrogens (tertiary/aromatic N) is 4. The number of H-pyrrole nitrogens is 1. The molecule has 0 saturated carbocycles. The van der Waals surface area contributed by atoms with E-state index in [4.69, 9.17) is 0 Å². The first-order chi connectivity index (χ1) is 9.11. The molecule has 2 rings (SSSR count). The largest absolute Gasteiger partial charge is 0.354 e. The zero-order valence-corrected chi connectivity index (χ0v) is 10.8. The van der Waals surface area contributed by atoms with Gasteiger partial charge in [-0.3, -0.25) is 0 Å². The Labute approximate surface area is 109 Å². The maximum Gasteiger partial charge on any atom is 0.255 e. The third-order valence-corrected chi connectivity index (χ3v) is 2.57. The molecule has 2 N–H and O–H groups in total. The summed E-state index contributed by atoms with van der Waals surface area (Å²) >= 11 is 0. The molecule has 0 spiro atoms. The standard InChI is InChI=1S/C11H16F2N6/c1-3-4-14-11-17-9-8(15-6-16-9)10(18-11)19(2)5-7(12)13/h6-7H,3-5H2,1-2H3,(H2,14,15,16,17,18). The molecule has 0 unspecified atom stereocenters. The van der Waals surface area contributed by atoms with Gasteiger partial charge in [0.2, 0.25) is 5.95 Å². The molecule has 0 aromatic carbocycles. The third-order valence-electron chi connectivity index (χ3n) is 2.57. The van der Waals surface area contributed by atoms with Crippen LogP contribution in [-0.4, -0.2) is 46.5 Å². The summed E-state index contributed by atoms with van der Waals surface area (Å²) in [5.41, 5.74) is 1.02. The number of alkyl halides is 2. The van der Waals surface area contributed by atoms with Gasteiger partial charge in [0.1, 0.15) is 5.52 Å². The highest BCUT2D eigenvalue weighted by Gasteiger charge is 2.16. The number of aromatic nitrogens is 4. The summed E-state index contributed by atoms with van der Waals surface area (Å²) in [6, 6.07) is 0. The molecule has 0 aliphatic rings. The van der Waals surface area contributed by atoms with Gasteiger partial charge in [-0.2, -0.15) is 9.97 Å². The highest BCUT2D eigenvalue weighted by molar-refractivity contribution is 5.84. The topological polar surface area (TPSA) is 69.7 Å². The quantitative estimate of drug-likeness (QED) is 0.838. The smallest absolute Gasteiger partial charge is 0.255 e. The summed E-state index contributed by atoms with van der Waals surface area (Å²) in [4.78, 5) is 16.8. The lowest BCUT2D eigenvalue weighted by molar-refractivity contribution is 0.156. The Balaban J connectivity index is 2.36. The Hall–Kier alpha value is -1.99. The Morgan fingerprint density at radius 2 is 2.21 bits per heavy atom. The van der Waals surface area contributed by atoms with Crippen LogP contribution in [0.1, 0.15) is 13.3 Å². The van der Waals surface area contributed by atoms with Crippen molar-refractivity contribution in [2.75, 3.05) is 30.4 Å². The molecule has 0 aliphatic carbocycles. The Morgan fingerprint density at radius 3 is 2.89 bits per heavy atom. The van der Waals surface area contributed by atoms with E-state index < -0.39 is 13.0 Å². The van der Waals surface area contributed by atoms with E-state index in [1.807, 2.05) is 6.92 Å². The highest BCUT2D eigenvalue weighted by Crippen LogP contribution is 2.22. The van der Waals surface area contributed by atoms with Gasteiger partial charge in [0, 0.05) is 13.6 Å². The van der Waals surface area contributed by atoms with Crippen LogP contribution in [0.2, 0.25) is 0 Å². The highest BCUT2D eigenvalue weighted by atomic mass is 19.3. The van der Waals surface area contributed by atoms with E-state index in [1.54, 1.807) is 7.05 Å². The fraction of sp³-hybridized carbons (Fsp3) is 0.545. The predicted molar refractivity (Wildman–Crippen MR) is 69.7 cm³/mol. The number of aromatic amines is 1. The van der Waals surface area contributed by atoms with Crippen molar-refractivity contribution in [3.05, 3.63) is 6.33 Å². The number of hydrogen-bond donors (Lipinski definition) is 2. The van der Waals surface area contributed by atoms with Crippen LogP contribution in [0, 0.1) is 0 Å². The second-order valence-electron chi connectivity index (χ2n) is 4.17. The Bertz CT molecular complexity index is 541. The first-order valence-corrected chi connectivity index (χ1v) is 6.06. The first kappa shape index (κ1) is 13.4.